The summed E-state index contributed by atoms with van der Waals surface area (Å²) in [6.45, 7) is -1.58. The molecule has 3 heterocycles. The zero-order chi connectivity index (χ0) is 26.2. The van der Waals surface area contributed by atoms with Crippen molar-refractivity contribution < 1.29 is 27.9 Å². The van der Waals surface area contributed by atoms with E-state index in [-0.39, 0.29) is 28.2 Å². The van der Waals surface area contributed by atoms with E-state index in [1.54, 1.807) is 0 Å². The molecule has 0 spiro atoms. The molecule has 1 atom stereocenters. The minimum Gasteiger partial charge on any atom is -0.382 e. The molecular formula is C19H15Cl2F3N9O3+. The Hall–Kier alpha value is -3.82. The molecule has 1 amide bonds. The van der Waals surface area contributed by atoms with E-state index in [0.29, 0.717) is 9.59 Å². The SMILES string of the molecule is NC(=O)c1nc(Cn2nc(-c3ccc(Cl)cc3)n(C[C@H](O)C(F)(F)F)c2=O)nn1-[n+]1ncccc1Cl. The van der Waals surface area contributed by atoms with Gasteiger partial charge in [-0.2, -0.15) is 18.2 Å². The fourth-order valence-corrected chi connectivity index (χ4v) is 3.43. The van der Waals surface area contributed by atoms with Crippen molar-refractivity contribution in [2.45, 2.75) is 25.4 Å². The van der Waals surface area contributed by atoms with Gasteiger partial charge in [-0.3, -0.25) is 9.36 Å². The summed E-state index contributed by atoms with van der Waals surface area (Å²) >= 11 is 12.0. The fourth-order valence-electron chi connectivity index (χ4n) is 3.12. The molecule has 4 rings (SSSR count). The van der Waals surface area contributed by atoms with Crippen LogP contribution in [-0.4, -0.2) is 57.6 Å². The summed E-state index contributed by atoms with van der Waals surface area (Å²) in [6.07, 6.45) is -6.45. The second-order valence-electron chi connectivity index (χ2n) is 7.28. The van der Waals surface area contributed by atoms with Crippen LogP contribution in [0, 0.1) is 0 Å². The number of carbonyl (C=O) groups excluding carboxylic acids is 1. The van der Waals surface area contributed by atoms with Gasteiger partial charge >= 0.3 is 11.9 Å². The van der Waals surface area contributed by atoms with Crippen molar-refractivity contribution >= 4 is 29.1 Å². The number of hydrogen-bond acceptors (Lipinski definition) is 7. The number of carbonyl (C=O) groups is 1. The van der Waals surface area contributed by atoms with Gasteiger partial charge in [0.2, 0.25) is 5.15 Å². The number of aromatic nitrogens is 8. The Labute approximate surface area is 208 Å². The first-order valence-corrected chi connectivity index (χ1v) is 10.7. The average Bonchev–Trinajstić information content (AvgIpc) is 3.36. The van der Waals surface area contributed by atoms with Crippen molar-refractivity contribution in [3.63, 3.8) is 0 Å². The van der Waals surface area contributed by atoms with E-state index < -0.39 is 37.0 Å². The Kier molecular flexibility index (Phi) is 6.79. The zero-order valence-corrected chi connectivity index (χ0v) is 19.4. The smallest absolute Gasteiger partial charge is 0.382 e. The molecule has 0 bridgehead atoms. The van der Waals surface area contributed by atoms with Crippen LogP contribution in [0.15, 0.2) is 47.4 Å². The number of aliphatic hydroxyl groups is 1. The van der Waals surface area contributed by atoms with Crippen LogP contribution >= 0.6 is 23.2 Å². The van der Waals surface area contributed by atoms with E-state index in [2.05, 4.69) is 20.3 Å². The van der Waals surface area contributed by atoms with Crippen LogP contribution in [0.25, 0.3) is 11.4 Å². The van der Waals surface area contributed by atoms with Crippen LogP contribution in [-0.2, 0) is 13.1 Å². The van der Waals surface area contributed by atoms with E-state index >= 15 is 0 Å². The van der Waals surface area contributed by atoms with Crippen molar-refractivity contribution in [2.75, 3.05) is 0 Å². The molecule has 1 aromatic carbocycles. The Bertz CT molecular complexity index is 1480. The highest BCUT2D eigenvalue weighted by atomic mass is 35.5. The number of halogens is 5. The summed E-state index contributed by atoms with van der Waals surface area (Å²) < 4.78 is 40.5. The van der Waals surface area contributed by atoms with Crippen molar-refractivity contribution in [1.82, 2.24) is 34.3 Å². The molecule has 17 heteroatoms. The van der Waals surface area contributed by atoms with Crippen molar-refractivity contribution in [1.29, 1.82) is 0 Å². The van der Waals surface area contributed by atoms with E-state index in [4.69, 9.17) is 28.9 Å². The lowest BCUT2D eigenvalue weighted by atomic mass is 10.2. The third-order valence-electron chi connectivity index (χ3n) is 4.77. The summed E-state index contributed by atoms with van der Waals surface area (Å²) in [5.41, 5.74) is 4.64. The van der Waals surface area contributed by atoms with Gasteiger partial charge in [0, 0.05) is 21.4 Å². The lowest BCUT2D eigenvalue weighted by molar-refractivity contribution is -0.788. The maximum Gasteiger partial charge on any atom is 0.416 e. The molecule has 0 saturated carbocycles. The van der Waals surface area contributed by atoms with E-state index in [1.807, 2.05) is 0 Å². The van der Waals surface area contributed by atoms with Crippen LogP contribution in [0.3, 0.4) is 0 Å². The summed E-state index contributed by atoms with van der Waals surface area (Å²) in [5.74, 6) is -1.69. The van der Waals surface area contributed by atoms with Gasteiger partial charge in [0.1, 0.15) is 6.54 Å². The third-order valence-corrected chi connectivity index (χ3v) is 5.30. The Morgan fingerprint density at radius 1 is 1.17 bits per heavy atom. The van der Waals surface area contributed by atoms with Crippen LogP contribution in [0.4, 0.5) is 13.2 Å². The normalized spacial score (nSPS) is 12.6. The predicted molar refractivity (Wildman–Crippen MR) is 117 cm³/mol. The highest BCUT2D eigenvalue weighted by molar-refractivity contribution is 6.30. The first kappa shape index (κ1) is 25.3. The van der Waals surface area contributed by atoms with Gasteiger partial charge < -0.3 is 10.8 Å². The standard InChI is InChI=1S/C19H14Cl2F3N9O3/c20-11-5-3-10(4-6-11)16-29-31(18(36)30(16)8-12(34)19(22,23)24)9-14-27-17(15(25)35)33(28-14)32-13(21)2-1-7-26-32/h1-7,12,34H,8-9H2,(H-,25,35)/p+1/t12-/m0/s1. The summed E-state index contributed by atoms with van der Waals surface area (Å²) in [7, 11) is 0. The van der Waals surface area contributed by atoms with E-state index in [0.717, 1.165) is 14.3 Å². The Balaban J connectivity index is 1.78. The summed E-state index contributed by atoms with van der Waals surface area (Å²) in [5, 5.41) is 22.1. The second-order valence-corrected chi connectivity index (χ2v) is 8.10. The number of benzene rings is 1. The van der Waals surface area contributed by atoms with Crippen molar-refractivity contribution in [3.8, 4) is 11.4 Å². The van der Waals surface area contributed by atoms with E-state index in [9.17, 15) is 27.9 Å². The number of primary amides is 1. The number of alkyl halides is 3. The van der Waals surface area contributed by atoms with Gasteiger partial charge in [-0.25, -0.2) is 9.48 Å². The lowest BCUT2D eigenvalue weighted by Crippen LogP contribution is -2.49. The largest absolute Gasteiger partial charge is 0.416 e. The third kappa shape index (κ3) is 5.07. The molecule has 0 radical (unpaired) electrons. The molecule has 0 fully saturated rings. The maximum absolute atomic E-state index is 13.0. The average molecular weight is 545 g/mol. The lowest BCUT2D eigenvalue weighted by Gasteiger charge is -2.15. The number of aliphatic hydroxyl groups excluding tert-OH is 1. The van der Waals surface area contributed by atoms with Gasteiger partial charge in [-0.05, 0) is 46.7 Å². The molecule has 0 saturated heterocycles. The van der Waals surface area contributed by atoms with Gasteiger partial charge in [0.05, 0.1) is 17.8 Å². The second kappa shape index (κ2) is 9.67. The van der Waals surface area contributed by atoms with Crippen molar-refractivity contribution in [3.05, 3.63) is 74.9 Å². The number of nitrogens with two attached hydrogens (primary N) is 1. The van der Waals surface area contributed by atoms with Crippen LogP contribution < -0.4 is 16.2 Å². The Morgan fingerprint density at radius 2 is 1.86 bits per heavy atom. The molecule has 0 aliphatic heterocycles. The highest BCUT2D eigenvalue weighted by Crippen LogP contribution is 2.24. The highest BCUT2D eigenvalue weighted by Gasteiger charge is 2.39. The monoisotopic (exact) mass is 544 g/mol. The van der Waals surface area contributed by atoms with Crippen LogP contribution in [0.1, 0.15) is 16.4 Å². The zero-order valence-electron chi connectivity index (χ0n) is 17.8. The molecule has 188 valence electrons. The molecule has 0 unspecified atom stereocenters. The van der Waals surface area contributed by atoms with Crippen LogP contribution in [0.5, 0.6) is 0 Å². The maximum atomic E-state index is 13.0. The molecular weight excluding hydrogens is 530 g/mol. The quantitative estimate of drug-likeness (QED) is 0.324. The summed E-state index contributed by atoms with van der Waals surface area (Å²) in [6, 6.07) is 8.80. The molecule has 0 aliphatic rings. The minimum absolute atomic E-state index is 0.0454. The first-order valence-electron chi connectivity index (χ1n) is 9.93. The molecule has 4 aromatic rings. The van der Waals surface area contributed by atoms with Crippen LogP contribution in [0.2, 0.25) is 10.2 Å². The topological polar surface area (TPSA) is 151 Å². The number of rotatable bonds is 7. The first-order chi connectivity index (χ1) is 17.0. The molecule has 12 nitrogen and oxygen atoms in total. The summed E-state index contributed by atoms with van der Waals surface area (Å²) in [4.78, 5) is 30.8. The molecule has 3 aromatic heterocycles. The van der Waals surface area contributed by atoms with Gasteiger partial charge in [-0.1, -0.05) is 16.7 Å². The van der Waals surface area contributed by atoms with Crippen molar-refractivity contribution in [2.24, 2.45) is 5.73 Å². The molecule has 3 N–H and O–H groups in total. The molecule has 36 heavy (non-hydrogen) atoms. The number of nitrogens with zero attached hydrogens (tertiary/aromatic N) is 8. The fraction of sp³-hybridized carbons (Fsp3) is 0.211. The Morgan fingerprint density at radius 3 is 2.47 bits per heavy atom. The number of hydrogen-bond donors (Lipinski definition) is 2. The van der Waals surface area contributed by atoms with E-state index in [1.165, 1.54) is 42.6 Å². The van der Waals surface area contributed by atoms with Gasteiger partial charge in [-0.15, -0.1) is 5.10 Å². The number of amides is 1. The predicted octanol–water partition coefficient (Wildman–Crippen LogP) is 0.674. The van der Waals surface area contributed by atoms with Gasteiger partial charge in [0.25, 0.3) is 17.6 Å². The van der Waals surface area contributed by atoms with Gasteiger partial charge in [0.15, 0.2) is 11.9 Å². The minimum atomic E-state index is -4.98. The molecule has 0 aliphatic carbocycles.